The second-order valence-electron chi connectivity index (χ2n) is 8.61. The van der Waals surface area contributed by atoms with E-state index >= 15 is 0 Å². The molecule has 28 heavy (non-hydrogen) atoms. The molecule has 2 fully saturated rings. The van der Waals surface area contributed by atoms with Crippen molar-refractivity contribution in [2.75, 3.05) is 11.4 Å². The zero-order valence-corrected chi connectivity index (χ0v) is 15.9. The number of carbonyl (C=O) groups is 2. The molecule has 142 valence electrons. The van der Waals surface area contributed by atoms with E-state index in [1.165, 1.54) is 12.0 Å². The maximum absolute atomic E-state index is 12.4. The number of hydrogen-bond acceptors (Lipinski definition) is 5. The zero-order chi connectivity index (χ0) is 19.0. The molecular weight excluding hydrogens is 352 g/mol. The van der Waals surface area contributed by atoms with Crippen molar-refractivity contribution in [3.8, 4) is 11.3 Å². The Labute approximate surface area is 163 Å². The Kier molecular flexibility index (Phi) is 3.13. The summed E-state index contributed by atoms with van der Waals surface area (Å²) in [6.07, 6.45) is 5.88. The second kappa shape index (κ2) is 5.40. The van der Waals surface area contributed by atoms with Gasteiger partial charge >= 0.3 is 0 Å². The van der Waals surface area contributed by atoms with Crippen LogP contribution in [0.25, 0.3) is 11.3 Å². The summed E-state index contributed by atoms with van der Waals surface area (Å²) in [4.78, 5) is 36.9. The minimum absolute atomic E-state index is 0.148. The predicted octanol–water partition coefficient (Wildman–Crippen LogP) is 2.53. The Morgan fingerprint density at radius 2 is 2.04 bits per heavy atom. The molecule has 1 saturated carbocycles. The van der Waals surface area contributed by atoms with E-state index in [0.29, 0.717) is 11.6 Å². The Hall–Kier alpha value is -2.76. The van der Waals surface area contributed by atoms with Gasteiger partial charge in [-0.1, -0.05) is 6.07 Å². The van der Waals surface area contributed by atoms with Crippen molar-refractivity contribution in [3.05, 3.63) is 40.6 Å². The highest BCUT2D eigenvalue weighted by atomic mass is 16.2. The van der Waals surface area contributed by atoms with E-state index in [0.717, 1.165) is 67.1 Å². The van der Waals surface area contributed by atoms with Gasteiger partial charge in [0.15, 0.2) is 0 Å². The average molecular weight is 374 g/mol. The van der Waals surface area contributed by atoms with Crippen molar-refractivity contribution >= 4 is 17.8 Å². The number of aryl methyl sites for hydroxylation is 1. The minimum Gasteiger partial charge on any atom is -0.338 e. The first-order valence-corrected chi connectivity index (χ1v) is 10.2. The van der Waals surface area contributed by atoms with E-state index in [1.807, 2.05) is 18.2 Å². The summed E-state index contributed by atoms with van der Waals surface area (Å²) in [5.41, 5.74) is 5.37. The molecule has 0 radical (unpaired) electrons. The first-order valence-electron chi connectivity index (χ1n) is 10.2. The van der Waals surface area contributed by atoms with Crippen LogP contribution >= 0.6 is 0 Å². The van der Waals surface area contributed by atoms with E-state index in [4.69, 9.17) is 9.97 Å². The number of carbonyl (C=O) groups excluding carboxylic acids is 2. The number of anilines is 1. The summed E-state index contributed by atoms with van der Waals surface area (Å²) >= 11 is 0. The number of fused-ring (bicyclic) bond motifs is 3. The molecule has 2 aromatic rings. The number of aromatic nitrogens is 2. The van der Waals surface area contributed by atoms with Crippen LogP contribution in [0, 0.1) is 0 Å². The number of benzene rings is 1. The van der Waals surface area contributed by atoms with Crippen LogP contribution in [0.2, 0.25) is 0 Å². The van der Waals surface area contributed by atoms with Crippen molar-refractivity contribution in [2.45, 2.75) is 56.9 Å². The molecule has 1 aromatic heterocycles. The molecule has 1 spiro atoms. The van der Waals surface area contributed by atoms with Gasteiger partial charge in [-0.15, -0.1) is 0 Å². The topological polar surface area (TPSA) is 75.2 Å². The summed E-state index contributed by atoms with van der Waals surface area (Å²) in [5, 5.41) is 2.52. The maximum Gasteiger partial charge on any atom is 0.258 e. The van der Waals surface area contributed by atoms with E-state index in [1.54, 1.807) is 0 Å². The van der Waals surface area contributed by atoms with Gasteiger partial charge in [0.1, 0.15) is 0 Å². The van der Waals surface area contributed by atoms with Crippen LogP contribution in [0.4, 0.5) is 5.95 Å². The van der Waals surface area contributed by atoms with Crippen molar-refractivity contribution in [3.63, 3.8) is 0 Å². The summed E-state index contributed by atoms with van der Waals surface area (Å²) in [6, 6.07) is 6.37. The lowest BCUT2D eigenvalue weighted by molar-refractivity contribution is -0.122. The summed E-state index contributed by atoms with van der Waals surface area (Å²) < 4.78 is 0. The molecule has 1 saturated heterocycles. The molecule has 2 aliphatic heterocycles. The second-order valence-corrected chi connectivity index (χ2v) is 8.61. The van der Waals surface area contributed by atoms with E-state index in [9.17, 15) is 9.59 Å². The van der Waals surface area contributed by atoms with Gasteiger partial charge in [-0.05, 0) is 63.1 Å². The molecule has 1 atom stereocenters. The number of amides is 2. The number of nitrogens with one attached hydrogen (secondary N) is 1. The van der Waals surface area contributed by atoms with Crippen LogP contribution in [0.3, 0.4) is 0 Å². The molecule has 6 heteroatoms. The first kappa shape index (κ1) is 16.2. The highest BCUT2D eigenvalue weighted by Crippen LogP contribution is 2.52. The summed E-state index contributed by atoms with van der Waals surface area (Å²) in [5.74, 6) is 0.388. The fraction of sp³-hybridized carbons (Fsp3) is 0.455. The Morgan fingerprint density at radius 1 is 1.18 bits per heavy atom. The van der Waals surface area contributed by atoms with Gasteiger partial charge in [-0.2, -0.15) is 0 Å². The molecule has 2 amide bonds. The Bertz CT molecular complexity index is 1060. The minimum atomic E-state index is -0.510. The lowest BCUT2D eigenvalue weighted by Gasteiger charge is -2.39. The van der Waals surface area contributed by atoms with Crippen LogP contribution in [0.1, 0.15) is 59.8 Å². The molecular formula is C22H22N4O2. The number of hydrogen-bond donors (Lipinski definition) is 1. The third-order valence-corrected chi connectivity index (χ3v) is 6.96. The maximum atomic E-state index is 12.4. The van der Waals surface area contributed by atoms with Crippen LogP contribution in [-0.2, 0) is 23.1 Å². The fourth-order valence-corrected chi connectivity index (χ4v) is 4.92. The number of nitrogens with zero attached hydrogens (tertiary/aromatic N) is 3. The molecule has 6 rings (SSSR count). The van der Waals surface area contributed by atoms with Gasteiger partial charge < -0.3 is 4.90 Å². The first-order chi connectivity index (χ1) is 13.6. The molecule has 6 nitrogen and oxygen atoms in total. The largest absolute Gasteiger partial charge is 0.338 e. The third-order valence-electron chi connectivity index (χ3n) is 6.96. The number of rotatable bonds is 2. The van der Waals surface area contributed by atoms with Crippen molar-refractivity contribution in [1.82, 2.24) is 15.3 Å². The molecule has 3 heterocycles. The van der Waals surface area contributed by atoms with Gasteiger partial charge in [0, 0.05) is 35.0 Å². The summed E-state index contributed by atoms with van der Waals surface area (Å²) in [6.45, 7) is 3.21. The van der Waals surface area contributed by atoms with E-state index in [2.05, 4.69) is 17.1 Å². The molecule has 2 aliphatic carbocycles. The SMILES string of the molecule is C[C@H]1CCN1c1nc2c(c(-c3ccc4c(c3)C3(CC3)C(=O)NC4=O)n1)CCC2. The monoisotopic (exact) mass is 374 g/mol. The average Bonchev–Trinajstić information content (AvgIpc) is 3.35. The zero-order valence-electron chi connectivity index (χ0n) is 15.9. The fourth-order valence-electron chi connectivity index (χ4n) is 4.92. The quantitative estimate of drug-likeness (QED) is 0.818. The van der Waals surface area contributed by atoms with Gasteiger partial charge in [-0.25, -0.2) is 9.97 Å². The van der Waals surface area contributed by atoms with Gasteiger partial charge in [0.25, 0.3) is 5.91 Å². The predicted molar refractivity (Wildman–Crippen MR) is 104 cm³/mol. The van der Waals surface area contributed by atoms with E-state index in [-0.39, 0.29) is 11.8 Å². The van der Waals surface area contributed by atoms with Gasteiger partial charge in [0.05, 0.1) is 11.1 Å². The summed E-state index contributed by atoms with van der Waals surface area (Å²) in [7, 11) is 0. The van der Waals surface area contributed by atoms with Crippen molar-refractivity contribution in [2.24, 2.45) is 0 Å². The molecule has 4 aliphatic rings. The lowest BCUT2D eigenvalue weighted by Crippen LogP contribution is -2.46. The smallest absolute Gasteiger partial charge is 0.258 e. The van der Waals surface area contributed by atoms with Gasteiger partial charge in [-0.3, -0.25) is 14.9 Å². The highest BCUT2D eigenvalue weighted by molar-refractivity contribution is 6.14. The molecule has 0 unspecified atom stereocenters. The highest BCUT2D eigenvalue weighted by Gasteiger charge is 2.55. The van der Waals surface area contributed by atoms with Gasteiger partial charge in [0.2, 0.25) is 11.9 Å². The van der Waals surface area contributed by atoms with Crippen LogP contribution < -0.4 is 10.2 Å². The molecule has 1 aromatic carbocycles. The van der Waals surface area contributed by atoms with Crippen LogP contribution in [0.5, 0.6) is 0 Å². The van der Waals surface area contributed by atoms with Crippen molar-refractivity contribution in [1.29, 1.82) is 0 Å². The van der Waals surface area contributed by atoms with Crippen molar-refractivity contribution < 1.29 is 9.59 Å². The lowest BCUT2D eigenvalue weighted by atomic mass is 9.85. The standard InChI is InChI=1S/C22H22N4O2/c1-12-7-10-26(12)21-23-17-4-2-3-15(17)18(24-21)13-5-6-14-16(11-13)22(8-9-22)20(28)25-19(14)27/h5-6,11-12H,2-4,7-10H2,1H3,(H,25,27,28)/t12-/m0/s1. The van der Waals surface area contributed by atoms with Crippen LogP contribution in [0.15, 0.2) is 18.2 Å². The molecule has 1 N–H and O–H groups in total. The van der Waals surface area contributed by atoms with Crippen LogP contribution in [-0.4, -0.2) is 34.4 Å². The molecule has 0 bridgehead atoms. The Morgan fingerprint density at radius 3 is 2.75 bits per heavy atom. The third kappa shape index (κ3) is 2.09. The normalized spacial score (nSPS) is 23.9. The Balaban J connectivity index is 1.52. The number of imide groups is 1. The van der Waals surface area contributed by atoms with E-state index < -0.39 is 5.41 Å².